The Bertz CT molecular complexity index is 468. The second kappa shape index (κ2) is 5.08. The molecule has 0 aromatic heterocycles. The molecule has 2 rings (SSSR count). The van der Waals surface area contributed by atoms with Crippen LogP contribution in [0.3, 0.4) is 0 Å². The summed E-state index contributed by atoms with van der Waals surface area (Å²) in [6.07, 6.45) is -0.601. The van der Waals surface area contributed by atoms with Gasteiger partial charge in [0.2, 0.25) is 0 Å². The highest BCUT2D eigenvalue weighted by Crippen LogP contribution is 2.39. The molecule has 0 N–H and O–H groups in total. The SMILES string of the molecule is COC(=O)[C@H]1CC(=O)O[C@H]1c1ccccc1OC. The Morgan fingerprint density at radius 3 is 2.72 bits per heavy atom. The standard InChI is InChI=1S/C13H14O5/c1-16-10-6-4-3-5-8(10)12-9(13(15)17-2)7-11(14)18-12/h3-6,9,12H,7H2,1-2H3/t9-,12-/m0/s1. The maximum Gasteiger partial charge on any atom is 0.313 e. The van der Waals surface area contributed by atoms with Crippen molar-refractivity contribution in [2.45, 2.75) is 12.5 Å². The Kier molecular flexibility index (Phi) is 3.50. The van der Waals surface area contributed by atoms with E-state index in [-0.39, 0.29) is 6.42 Å². The largest absolute Gasteiger partial charge is 0.496 e. The minimum Gasteiger partial charge on any atom is -0.496 e. The van der Waals surface area contributed by atoms with Gasteiger partial charge < -0.3 is 14.2 Å². The van der Waals surface area contributed by atoms with Gasteiger partial charge in [-0.3, -0.25) is 9.59 Å². The number of hydrogen-bond acceptors (Lipinski definition) is 5. The Balaban J connectivity index is 2.35. The Labute approximate surface area is 105 Å². The molecule has 0 unspecified atom stereocenters. The van der Waals surface area contributed by atoms with Gasteiger partial charge in [-0.05, 0) is 6.07 Å². The van der Waals surface area contributed by atoms with Gasteiger partial charge in [-0.1, -0.05) is 18.2 Å². The van der Waals surface area contributed by atoms with Crippen LogP contribution in [0, 0.1) is 5.92 Å². The van der Waals surface area contributed by atoms with Gasteiger partial charge in [-0.25, -0.2) is 0 Å². The van der Waals surface area contributed by atoms with E-state index < -0.39 is 24.0 Å². The van der Waals surface area contributed by atoms with Crippen molar-refractivity contribution in [3.8, 4) is 5.75 Å². The summed E-state index contributed by atoms with van der Waals surface area (Å²) in [6.45, 7) is 0. The molecule has 0 aliphatic carbocycles. The van der Waals surface area contributed by atoms with Crippen LogP contribution in [0.1, 0.15) is 18.1 Å². The fourth-order valence-corrected chi connectivity index (χ4v) is 2.10. The van der Waals surface area contributed by atoms with Gasteiger partial charge >= 0.3 is 11.9 Å². The zero-order valence-electron chi connectivity index (χ0n) is 10.2. The quantitative estimate of drug-likeness (QED) is 0.760. The second-order valence-electron chi connectivity index (χ2n) is 3.99. The van der Waals surface area contributed by atoms with Crippen LogP contribution in [0.5, 0.6) is 5.75 Å². The number of carbonyl (C=O) groups excluding carboxylic acids is 2. The molecule has 0 bridgehead atoms. The maximum absolute atomic E-state index is 11.6. The number of ether oxygens (including phenoxy) is 3. The normalized spacial score (nSPS) is 22.4. The molecule has 1 aromatic carbocycles. The lowest BCUT2D eigenvalue weighted by Gasteiger charge is -2.18. The third kappa shape index (κ3) is 2.16. The molecule has 18 heavy (non-hydrogen) atoms. The van der Waals surface area contributed by atoms with Crippen molar-refractivity contribution in [1.82, 2.24) is 0 Å². The van der Waals surface area contributed by atoms with E-state index in [1.165, 1.54) is 14.2 Å². The molecule has 5 nitrogen and oxygen atoms in total. The molecule has 1 aliphatic rings. The average molecular weight is 250 g/mol. The summed E-state index contributed by atoms with van der Waals surface area (Å²) in [5.41, 5.74) is 0.682. The summed E-state index contributed by atoms with van der Waals surface area (Å²) >= 11 is 0. The fourth-order valence-electron chi connectivity index (χ4n) is 2.10. The number of methoxy groups -OCH3 is 2. The van der Waals surface area contributed by atoms with Crippen molar-refractivity contribution in [2.75, 3.05) is 14.2 Å². The fraction of sp³-hybridized carbons (Fsp3) is 0.385. The van der Waals surface area contributed by atoms with Gasteiger partial charge in [0.25, 0.3) is 0 Å². The average Bonchev–Trinajstić information content (AvgIpc) is 2.79. The number of para-hydroxylation sites is 1. The van der Waals surface area contributed by atoms with Gasteiger partial charge in [0.05, 0.1) is 20.6 Å². The van der Waals surface area contributed by atoms with E-state index in [1.807, 2.05) is 6.07 Å². The first-order valence-corrected chi connectivity index (χ1v) is 5.57. The highest BCUT2D eigenvalue weighted by molar-refractivity contribution is 5.84. The number of cyclic esters (lactones) is 1. The van der Waals surface area contributed by atoms with E-state index >= 15 is 0 Å². The molecule has 0 radical (unpaired) electrons. The highest BCUT2D eigenvalue weighted by atomic mass is 16.6. The molecule has 1 aliphatic heterocycles. The number of benzene rings is 1. The van der Waals surface area contributed by atoms with Gasteiger partial charge in [0.1, 0.15) is 17.8 Å². The molecule has 1 heterocycles. The maximum atomic E-state index is 11.6. The first kappa shape index (κ1) is 12.4. The van der Waals surface area contributed by atoms with Gasteiger partial charge in [-0.15, -0.1) is 0 Å². The van der Waals surface area contributed by atoms with Crippen LogP contribution in [-0.4, -0.2) is 26.2 Å². The van der Waals surface area contributed by atoms with Crippen LogP contribution in [0.4, 0.5) is 0 Å². The smallest absolute Gasteiger partial charge is 0.313 e. The van der Waals surface area contributed by atoms with Gasteiger partial charge in [0.15, 0.2) is 0 Å². The monoisotopic (exact) mass is 250 g/mol. The molecule has 2 atom stereocenters. The second-order valence-corrected chi connectivity index (χ2v) is 3.99. The number of rotatable bonds is 3. The number of carbonyl (C=O) groups is 2. The van der Waals surface area contributed by atoms with Crippen molar-refractivity contribution in [2.24, 2.45) is 5.92 Å². The summed E-state index contributed by atoms with van der Waals surface area (Å²) < 4.78 is 15.1. The first-order chi connectivity index (χ1) is 8.67. The number of esters is 2. The predicted octanol–water partition coefficient (Wildman–Crippen LogP) is 1.47. The molecule has 5 heteroatoms. The molecular weight excluding hydrogens is 236 g/mol. The Morgan fingerprint density at radius 1 is 1.33 bits per heavy atom. The lowest BCUT2D eigenvalue weighted by atomic mass is 9.95. The third-order valence-electron chi connectivity index (χ3n) is 2.96. The lowest BCUT2D eigenvalue weighted by molar-refractivity contribution is -0.147. The van der Waals surface area contributed by atoms with E-state index in [1.54, 1.807) is 18.2 Å². The van der Waals surface area contributed by atoms with Gasteiger partial charge in [-0.2, -0.15) is 0 Å². The first-order valence-electron chi connectivity index (χ1n) is 5.57. The van der Waals surface area contributed by atoms with Crippen LogP contribution in [0.2, 0.25) is 0 Å². The highest BCUT2D eigenvalue weighted by Gasteiger charge is 2.42. The van der Waals surface area contributed by atoms with Crippen molar-refractivity contribution in [3.05, 3.63) is 29.8 Å². The molecule has 1 fully saturated rings. The van der Waals surface area contributed by atoms with Crippen LogP contribution in [0.15, 0.2) is 24.3 Å². The van der Waals surface area contributed by atoms with Crippen LogP contribution in [0.25, 0.3) is 0 Å². The van der Waals surface area contributed by atoms with Crippen LogP contribution >= 0.6 is 0 Å². The van der Waals surface area contributed by atoms with E-state index in [0.29, 0.717) is 11.3 Å². The molecule has 96 valence electrons. The van der Waals surface area contributed by atoms with E-state index in [9.17, 15) is 9.59 Å². The number of hydrogen-bond donors (Lipinski definition) is 0. The molecule has 1 aromatic rings. The Hall–Kier alpha value is -2.04. The molecule has 0 spiro atoms. The predicted molar refractivity (Wildman–Crippen MR) is 62.0 cm³/mol. The van der Waals surface area contributed by atoms with Gasteiger partial charge in [0, 0.05) is 5.56 Å². The zero-order chi connectivity index (χ0) is 13.1. The summed E-state index contributed by atoms with van der Waals surface area (Å²) in [5, 5.41) is 0. The van der Waals surface area contributed by atoms with Crippen molar-refractivity contribution < 1.29 is 23.8 Å². The minimum absolute atomic E-state index is 0.0371. The van der Waals surface area contributed by atoms with Crippen molar-refractivity contribution >= 4 is 11.9 Å². The Morgan fingerprint density at radius 2 is 2.06 bits per heavy atom. The summed E-state index contributed by atoms with van der Waals surface area (Å²) in [6, 6.07) is 7.15. The van der Waals surface area contributed by atoms with E-state index in [2.05, 4.69) is 0 Å². The zero-order valence-corrected chi connectivity index (χ0v) is 10.2. The molecule has 0 amide bonds. The topological polar surface area (TPSA) is 61.8 Å². The molecule has 1 saturated heterocycles. The van der Waals surface area contributed by atoms with Crippen LogP contribution < -0.4 is 4.74 Å². The third-order valence-corrected chi connectivity index (χ3v) is 2.96. The molecule has 0 saturated carbocycles. The lowest BCUT2D eigenvalue weighted by Crippen LogP contribution is -2.20. The summed E-state index contributed by atoms with van der Waals surface area (Å²) in [7, 11) is 2.83. The van der Waals surface area contributed by atoms with Crippen LogP contribution in [-0.2, 0) is 19.1 Å². The summed E-state index contributed by atoms with van der Waals surface area (Å²) in [4.78, 5) is 23.0. The van der Waals surface area contributed by atoms with E-state index in [0.717, 1.165) is 0 Å². The van der Waals surface area contributed by atoms with Crippen molar-refractivity contribution in [1.29, 1.82) is 0 Å². The van der Waals surface area contributed by atoms with E-state index in [4.69, 9.17) is 14.2 Å². The molecular formula is C13H14O5. The van der Waals surface area contributed by atoms with Crippen molar-refractivity contribution in [3.63, 3.8) is 0 Å². The summed E-state index contributed by atoms with van der Waals surface area (Å²) in [5.74, 6) is -0.872. The minimum atomic E-state index is -0.638.